The Labute approximate surface area is 156 Å². The van der Waals surface area contributed by atoms with E-state index in [0.29, 0.717) is 6.54 Å². The van der Waals surface area contributed by atoms with E-state index in [1.54, 1.807) is 18.1 Å². The molecule has 0 unspecified atom stereocenters. The molecule has 4 aromatic rings. The summed E-state index contributed by atoms with van der Waals surface area (Å²) in [6.45, 7) is 2.72. The lowest BCUT2D eigenvalue weighted by Gasteiger charge is -2.10. The zero-order chi connectivity index (χ0) is 18.1. The highest BCUT2D eigenvalue weighted by molar-refractivity contribution is 7.98. The van der Waals surface area contributed by atoms with Crippen LogP contribution in [0, 0.1) is 6.92 Å². The van der Waals surface area contributed by atoms with E-state index in [0.717, 1.165) is 39.2 Å². The van der Waals surface area contributed by atoms with Crippen molar-refractivity contribution in [3.8, 4) is 22.6 Å². The monoisotopic (exact) mass is 364 g/mol. The van der Waals surface area contributed by atoms with Gasteiger partial charge in [-0.25, -0.2) is 15.0 Å². The first kappa shape index (κ1) is 16.7. The smallest absolute Gasteiger partial charge is 0.167 e. The molecule has 0 saturated carbocycles. The van der Waals surface area contributed by atoms with E-state index in [1.165, 1.54) is 0 Å². The summed E-state index contributed by atoms with van der Waals surface area (Å²) in [6.07, 6.45) is 7.58. The average molecular weight is 364 g/mol. The molecule has 1 N–H and O–H groups in total. The van der Waals surface area contributed by atoms with Gasteiger partial charge in [0.1, 0.15) is 5.69 Å². The van der Waals surface area contributed by atoms with Crippen LogP contribution in [-0.2, 0) is 13.6 Å². The van der Waals surface area contributed by atoms with Crippen LogP contribution in [0.1, 0.15) is 11.4 Å². The minimum atomic E-state index is 0.686. The van der Waals surface area contributed by atoms with Crippen molar-refractivity contribution >= 4 is 11.8 Å². The standard InChI is InChI=1S/C19H20N6S/c1-13-16(22-11-21-13)18-17(14-7-5-4-6-8-14)23-12-25(18)10-15-9-20-19(26-3)24(15)2/h4-9,11-12H,10H2,1-3H3,(H,21,22). The summed E-state index contributed by atoms with van der Waals surface area (Å²) in [4.78, 5) is 16.9. The van der Waals surface area contributed by atoms with Crippen LogP contribution >= 0.6 is 11.8 Å². The molecular formula is C19H20N6S. The van der Waals surface area contributed by atoms with E-state index in [4.69, 9.17) is 4.98 Å². The molecule has 0 spiro atoms. The normalized spacial score (nSPS) is 11.2. The second-order valence-corrected chi connectivity index (χ2v) is 6.88. The minimum Gasteiger partial charge on any atom is -0.348 e. The zero-order valence-electron chi connectivity index (χ0n) is 15.0. The van der Waals surface area contributed by atoms with E-state index in [9.17, 15) is 0 Å². The number of hydrogen-bond donors (Lipinski definition) is 1. The number of aryl methyl sites for hydroxylation is 1. The Bertz CT molecular complexity index is 1030. The molecular weight excluding hydrogens is 344 g/mol. The third-order valence-electron chi connectivity index (χ3n) is 4.50. The summed E-state index contributed by atoms with van der Waals surface area (Å²) in [6, 6.07) is 10.2. The molecule has 0 aliphatic rings. The molecule has 3 heterocycles. The maximum atomic E-state index is 4.71. The van der Waals surface area contributed by atoms with Gasteiger partial charge in [0.2, 0.25) is 0 Å². The first-order valence-electron chi connectivity index (χ1n) is 8.34. The number of nitrogens with zero attached hydrogens (tertiary/aromatic N) is 5. The quantitative estimate of drug-likeness (QED) is 0.548. The maximum absolute atomic E-state index is 4.71. The number of aromatic nitrogens is 6. The second-order valence-electron chi connectivity index (χ2n) is 6.11. The van der Waals surface area contributed by atoms with Gasteiger partial charge in [-0.2, -0.15) is 0 Å². The summed E-state index contributed by atoms with van der Waals surface area (Å²) in [7, 11) is 2.04. The van der Waals surface area contributed by atoms with Gasteiger partial charge in [-0.3, -0.25) is 0 Å². The third kappa shape index (κ3) is 2.84. The minimum absolute atomic E-state index is 0.686. The van der Waals surface area contributed by atoms with Gasteiger partial charge in [0.15, 0.2) is 5.16 Å². The molecule has 0 radical (unpaired) electrons. The number of imidazole rings is 3. The van der Waals surface area contributed by atoms with Crippen molar-refractivity contribution in [2.75, 3.05) is 6.26 Å². The molecule has 4 rings (SSSR count). The molecule has 0 fully saturated rings. The summed E-state index contributed by atoms with van der Waals surface area (Å²) >= 11 is 1.64. The van der Waals surface area contributed by atoms with E-state index in [-0.39, 0.29) is 0 Å². The van der Waals surface area contributed by atoms with Crippen molar-refractivity contribution in [1.82, 2.24) is 29.1 Å². The molecule has 7 heteroatoms. The van der Waals surface area contributed by atoms with Crippen molar-refractivity contribution in [2.24, 2.45) is 7.05 Å². The second kappa shape index (κ2) is 6.84. The Hall–Kier alpha value is -2.80. The van der Waals surface area contributed by atoms with Crippen molar-refractivity contribution < 1.29 is 0 Å². The average Bonchev–Trinajstić information content (AvgIpc) is 3.35. The lowest BCUT2D eigenvalue weighted by molar-refractivity contribution is 0.688. The van der Waals surface area contributed by atoms with E-state index in [1.807, 2.05) is 51.0 Å². The Morgan fingerprint density at radius 1 is 1.08 bits per heavy atom. The maximum Gasteiger partial charge on any atom is 0.167 e. The van der Waals surface area contributed by atoms with Gasteiger partial charge in [-0.15, -0.1) is 0 Å². The number of aromatic amines is 1. The topological polar surface area (TPSA) is 64.3 Å². The fourth-order valence-corrected chi connectivity index (χ4v) is 3.64. The fourth-order valence-electron chi connectivity index (χ4n) is 3.09. The Balaban J connectivity index is 1.84. The number of H-pyrrole nitrogens is 1. The van der Waals surface area contributed by atoms with Gasteiger partial charge in [0, 0.05) is 18.3 Å². The van der Waals surface area contributed by atoms with Crippen LogP contribution in [0.5, 0.6) is 0 Å². The zero-order valence-corrected chi connectivity index (χ0v) is 15.8. The van der Waals surface area contributed by atoms with Crippen LogP contribution in [0.3, 0.4) is 0 Å². The number of benzene rings is 1. The Kier molecular flexibility index (Phi) is 4.38. The summed E-state index contributed by atoms with van der Waals surface area (Å²) in [5, 5.41) is 1.00. The molecule has 1 aromatic carbocycles. The first-order chi connectivity index (χ1) is 12.7. The van der Waals surface area contributed by atoms with Crippen molar-refractivity contribution in [3.05, 3.63) is 60.6 Å². The number of rotatable bonds is 5. The fraction of sp³-hybridized carbons (Fsp3) is 0.211. The Morgan fingerprint density at radius 3 is 2.54 bits per heavy atom. The van der Waals surface area contributed by atoms with Crippen LogP contribution < -0.4 is 0 Å². The summed E-state index contributed by atoms with van der Waals surface area (Å²) in [5.74, 6) is 0. The van der Waals surface area contributed by atoms with Gasteiger partial charge >= 0.3 is 0 Å². The number of thioether (sulfide) groups is 1. The van der Waals surface area contributed by atoms with E-state index < -0.39 is 0 Å². The number of hydrogen-bond acceptors (Lipinski definition) is 4. The summed E-state index contributed by atoms with van der Waals surface area (Å²) < 4.78 is 4.26. The molecule has 0 saturated heterocycles. The van der Waals surface area contributed by atoms with Crippen LogP contribution in [-0.4, -0.2) is 35.3 Å². The molecule has 0 aliphatic carbocycles. The first-order valence-corrected chi connectivity index (χ1v) is 9.57. The predicted molar refractivity (Wildman–Crippen MR) is 104 cm³/mol. The van der Waals surface area contributed by atoms with E-state index in [2.05, 4.69) is 36.2 Å². The molecule has 0 atom stereocenters. The molecule has 0 bridgehead atoms. The molecule has 6 nitrogen and oxygen atoms in total. The molecule has 0 aliphatic heterocycles. The van der Waals surface area contributed by atoms with Gasteiger partial charge in [0.25, 0.3) is 0 Å². The highest BCUT2D eigenvalue weighted by atomic mass is 32.2. The van der Waals surface area contributed by atoms with Gasteiger partial charge in [-0.05, 0) is 13.2 Å². The SMILES string of the molecule is CSc1ncc(Cn2cnc(-c3ccccc3)c2-c2nc[nH]c2C)n1C. The lowest BCUT2D eigenvalue weighted by atomic mass is 10.1. The Morgan fingerprint density at radius 2 is 1.88 bits per heavy atom. The van der Waals surface area contributed by atoms with Crippen LogP contribution in [0.15, 0.2) is 54.3 Å². The molecule has 132 valence electrons. The van der Waals surface area contributed by atoms with Crippen molar-refractivity contribution in [2.45, 2.75) is 18.6 Å². The van der Waals surface area contributed by atoms with Crippen molar-refractivity contribution in [1.29, 1.82) is 0 Å². The van der Waals surface area contributed by atoms with Crippen molar-refractivity contribution in [3.63, 3.8) is 0 Å². The van der Waals surface area contributed by atoms with Gasteiger partial charge in [0.05, 0.1) is 42.5 Å². The van der Waals surface area contributed by atoms with E-state index >= 15 is 0 Å². The third-order valence-corrected chi connectivity index (χ3v) is 5.24. The van der Waals surface area contributed by atoms with Crippen LogP contribution in [0.25, 0.3) is 22.6 Å². The lowest BCUT2D eigenvalue weighted by Crippen LogP contribution is -2.06. The molecule has 0 amide bonds. The van der Waals surface area contributed by atoms with Crippen LogP contribution in [0.4, 0.5) is 0 Å². The molecule has 3 aromatic heterocycles. The highest BCUT2D eigenvalue weighted by Gasteiger charge is 2.19. The van der Waals surface area contributed by atoms with Crippen LogP contribution in [0.2, 0.25) is 0 Å². The number of nitrogens with one attached hydrogen (secondary N) is 1. The highest BCUT2D eigenvalue weighted by Crippen LogP contribution is 2.32. The largest absolute Gasteiger partial charge is 0.348 e. The van der Waals surface area contributed by atoms with Gasteiger partial charge < -0.3 is 14.1 Å². The van der Waals surface area contributed by atoms with Gasteiger partial charge in [-0.1, -0.05) is 42.1 Å². The predicted octanol–water partition coefficient (Wildman–Crippen LogP) is 3.75. The molecule has 26 heavy (non-hydrogen) atoms. The summed E-state index contributed by atoms with van der Waals surface area (Å²) in [5.41, 5.74) is 6.11.